The molecule has 2 aliphatic heterocycles. The van der Waals surface area contributed by atoms with Crippen LogP contribution in [-0.2, 0) is 11.3 Å². The van der Waals surface area contributed by atoms with E-state index in [-0.39, 0.29) is 5.91 Å². The lowest BCUT2D eigenvalue weighted by Gasteiger charge is -2.46. The zero-order chi connectivity index (χ0) is 22.9. The number of rotatable bonds is 11. The van der Waals surface area contributed by atoms with Crippen molar-refractivity contribution in [2.45, 2.75) is 38.3 Å². The zero-order valence-corrected chi connectivity index (χ0v) is 19.7. The summed E-state index contributed by atoms with van der Waals surface area (Å²) in [4.78, 5) is 14.9. The topological polar surface area (TPSA) is 62.8 Å². The molecule has 2 fully saturated rings. The zero-order valence-electron chi connectivity index (χ0n) is 19.7. The van der Waals surface area contributed by atoms with Crippen LogP contribution in [-0.4, -0.2) is 56.7 Å². The van der Waals surface area contributed by atoms with E-state index < -0.39 is 0 Å². The van der Waals surface area contributed by atoms with Gasteiger partial charge in [-0.15, -0.1) is 0 Å². The maximum absolute atomic E-state index is 12.3. The van der Waals surface area contributed by atoms with Crippen molar-refractivity contribution >= 4 is 5.91 Å². The average molecular weight is 452 g/mol. The van der Waals surface area contributed by atoms with Crippen molar-refractivity contribution in [1.29, 1.82) is 0 Å². The molecule has 2 N–H and O–H groups in total. The molecule has 0 spiro atoms. The normalized spacial score (nSPS) is 22.5. The summed E-state index contributed by atoms with van der Waals surface area (Å²) in [5, 5.41) is 6.74. The highest BCUT2D eigenvalue weighted by Crippen LogP contribution is 2.31. The van der Waals surface area contributed by atoms with Gasteiger partial charge in [-0.05, 0) is 55.3 Å². The minimum Gasteiger partial charge on any atom is -0.493 e. The Labute approximate surface area is 197 Å². The Balaban J connectivity index is 1.13. The predicted molar refractivity (Wildman–Crippen MR) is 130 cm³/mol. The molecule has 33 heavy (non-hydrogen) atoms. The molecule has 0 saturated carbocycles. The van der Waals surface area contributed by atoms with Crippen LogP contribution >= 0.6 is 0 Å². The second kappa shape index (κ2) is 12.1. The van der Waals surface area contributed by atoms with Gasteiger partial charge in [0.15, 0.2) is 11.5 Å². The molecule has 2 aliphatic rings. The highest BCUT2D eigenvalue weighted by atomic mass is 16.5. The molecule has 6 heteroatoms. The van der Waals surface area contributed by atoms with Crippen LogP contribution < -0.4 is 20.1 Å². The van der Waals surface area contributed by atoms with Gasteiger partial charge in [0.05, 0.1) is 13.7 Å². The molecular formula is C27H37N3O3. The van der Waals surface area contributed by atoms with E-state index in [1.807, 2.05) is 24.3 Å². The van der Waals surface area contributed by atoms with Crippen LogP contribution in [0.15, 0.2) is 54.6 Å². The highest BCUT2D eigenvalue weighted by molar-refractivity contribution is 5.75. The molecular weight excluding hydrogens is 414 g/mol. The quantitative estimate of drug-likeness (QED) is 0.512. The van der Waals surface area contributed by atoms with E-state index in [0.29, 0.717) is 43.0 Å². The lowest BCUT2D eigenvalue weighted by atomic mass is 9.79. The minimum absolute atomic E-state index is 0.0988. The van der Waals surface area contributed by atoms with Gasteiger partial charge in [-0.25, -0.2) is 0 Å². The van der Waals surface area contributed by atoms with Gasteiger partial charge in [0.1, 0.15) is 6.61 Å². The number of ether oxygens (including phenoxy) is 2. The monoisotopic (exact) mass is 451 g/mol. The summed E-state index contributed by atoms with van der Waals surface area (Å²) in [6, 6.07) is 18.8. The van der Waals surface area contributed by atoms with E-state index in [1.54, 1.807) is 7.11 Å². The number of piperidine rings is 2. The van der Waals surface area contributed by atoms with Gasteiger partial charge in [0.2, 0.25) is 5.91 Å². The van der Waals surface area contributed by atoms with Crippen LogP contribution in [0.4, 0.5) is 0 Å². The number of amides is 1. The van der Waals surface area contributed by atoms with Gasteiger partial charge >= 0.3 is 0 Å². The fourth-order valence-corrected chi connectivity index (χ4v) is 5.24. The molecule has 0 aromatic heterocycles. The van der Waals surface area contributed by atoms with E-state index >= 15 is 0 Å². The number of benzene rings is 2. The fourth-order valence-electron chi connectivity index (χ4n) is 5.24. The molecule has 2 aromatic carbocycles. The lowest BCUT2D eigenvalue weighted by molar-refractivity contribution is -0.121. The molecule has 4 rings (SSSR count). The van der Waals surface area contributed by atoms with Crippen LogP contribution in [0, 0.1) is 11.8 Å². The Kier molecular flexibility index (Phi) is 8.61. The number of hydrogen-bond donors (Lipinski definition) is 2. The van der Waals surface area contributed by atoms with Crippen LogP contribution in [0.25, 0.3) is 0 Å². The third kappa shape index (κ3) is 6.95. The number of likely N-dealkylation sites (tertiary alicyclic amines) is 1. The molecule has 0 aliphatic carbocycles. The standard InChI is InChI=1S/C27H37N3O3/c1-32-25-11-5-6-12-26(25)33-15-14-28-27(31)13-7-10-24-23-16-22(17-29-24)19-30(20-23)18-21-8-3-2-4-9-21/h2-6,8-9,11-12,22-24,29H,7,10,13-20H2,1H3,(H,28,31)/t22-,23-,24+/m0/s1. The molecule has 2 aromatic rings. The second-order valence-corrected chi connectivity index (χ2v) is 9.30. The summed E-state index contributed by atoms with van der Waals surface area (Å²) in [6.07, 6.45) is 3.85. The number of hydrogen-bond acceptors (Lipinski definition) is 5. The SMILES string of the molecule is COc1ccccc1OCCNC(=O)CCC[C@H]1NC[C@@H]2C[C@H]1CN(Cc1ccccc1)C2. The average Bonchev–Trinajstić information content (AvgIpc) is 2.84. The molecule has 178 valence electrons. The molecule has 0 radical (unpaired) electrons. The van der Waals surface area contributed by atoms with Crippen molar-refractivity contribution < 1.29 is 14.3 Å². The third-order valence-corrected chi connectivity index (χ3v) is 6.80. The first-order valence-corrected chi connectivity index (χ1v) is 12.2. The Hall–Kier alpha value is -2.57. The molecule has 1 amide bonds. The molecule has 3 atom stereocenters. The van der Waals surface area contributed by atoms with Crippen LogP contribution in [0.2, 0.25) is 0 Å². The van der Waals surface area contributed by atoms with Crippen molar-refractivity contribution in [3.8, 4) is 11.5 Å². The summed E-state index contributed by atoms with van der Waals surface area (Å²) in [5.74, 6) is 2.93. The van der Waals surface area contributed by atoms with Crippen molar-refractivity contribution in [1.82, 2.24) is 15.5 Å². The van der Waals surface area contributed by atoms with Gasteiger partial charge in [-0.1, -0.05) is 42.5 Å². The molecule has 6 nitrogen and oxygen atoms in total. The lowest BCUT2D eigenvalue weighted by Crippen LogP contribution is -2.55. The summed E-state index contributed by atoms with van der Waals surface area (Å²) in [7, 11) is 1.62. The summed E-state index contributed by atoms with van der Waals surface area (Å²) >= 11 is 0. The molecule has 2 saturated heterocycles. The van der Waals surface area contributed by atoms with Crippen LogP contribution in [0.1, 0.15) is 31.2 Å². The molecule has 0 unspecified atom stereocenters. The number of fused-ring (bicyclic) bond motifs is 2. The van der Waals surface area contributed by atoms with Gasteiger partial charge in [0.25, 0.3) is 0 Å². The Morgan fingerprint density at radius 2 is 1.88 bits per heavy atom. The van der Waals surface area contributed by atoms with Gasteiger partial charge in [-0.2, -0.15) is 0 Å². The number of para-hydroxylation sites is 2. The van der Waals surface area contributed by atoms with E-state index in [0.717, 1.165) is 38.4 Å². The predicted octanol–water partition coefficient (Wildman–Crippen LogP) is 3.47. The van der Waals surface area contributed by atoms with E-state index in [9.17, 15) is 4.79 Å². The number of nitrogens with zero attached hydrogens (tertiary/aromatic N) is 1. The fraction of sp³-hybridized carbons (Fsp3) is 0.519. The Morgan fingerprint density at radius 3 is 2.70 bits per heavy atom. The Bertz CT molecular complexity index is 876. The second-order valence-electron chi connectivity index (χ2n) is 9.30. The van der Waals surface area contributed by atoms with Gasteiger partial charge in [0, 0.05) is 32.1 Å². The minimum atomic E-state index is 0.0988. The maximum atomic E-state index is 12.3. The number of carbonyl (C=O) groups excluding carboxylic acids is 1. The maximum Gasteiger partial charge on any atom is 0.220 e. The third-order valence-electron chi connectivity index (χ3n) is 6.80. The summed E-state index contributed by atoms with van der Waals surface area (Å²) in [5.41, 5.74) is 1.40. The van der Waals surface area contributed by atoms with E-state index in [4.69, 9.17) is 9.47 Å². The Morgan fingerprint density at radius 1 is 1.09 bits per heavy atom. The molecule has 2 heterocycles. The largest absolute Gasteiger partial charge is 0.493 e. The van der Waals surface area contributed by atoms with E-state index in [2.05, 4.69) is 45.9 Å². The highest BCUT2D eigenvalue weighted by Gasteiger charge is 2.36. The smallest absolute Gasteiger partial charge is 0.220 e. The summed E-state index contributed by atoms with van der Waals surface area (Å²) in [6.45, 7) is 5.40. The van der Waals surface area contributed by atoms with Gasteiger partial charge < -0.3 is 20.1 Å². The summed E-state index contributed by atoms with van der Waals surface area (Å²) < 4.78 is 11.0. The number of methoxy groups -OCH3 is 1. The van der Waals surface area contributed by atoms with Crippen molar-refractivity contribution in [3.63, 3.8) is 0 Å². The van der Waals surface area contributed by atoms with Crippen LogP contribution in [0.3, 0.4) is 0 Å². The first-order valence-electron chi connectivity index (χ1n) is 12.2. The van der Waals surface area contributed by atoms with Crippen molar-refractivity contribution in [2.24, 2.45) is 11.8 Å². The van der Waals surface area contributed by atoms with Crippen LogP contribution in [0.5, 0.6) is 11.5 Å². The molecule has 2 bridgehead atoms. The van der Waals surface area contributed by atoms with Crippen molar-refractivity contribution in [2.75, 3.05) is 39.9 Å². The number of carbonyl (C=O) groups is 1. The van der Waals surface area contributed by atoms with E-state index in [1.165, 1.54) is 18.5 Å². The first kappa shape index (κ1) is 23.6. The van der Waals surface area contributed by atoms with Gasteiger partial charge in [-0.3, -0.25) is 9.69 Å². The van der Waals surface area contributed by atoms with Crippen molar-refractivity contribution in [3.05, 3.63) is 60.2 Å². The number of nitrogens with one attached hydrogen (secondary N) is 2. The first-order chi connectivity index (χ1) is 16.2.